The third-order valence-corrected chi connectivity index (χ3v) is 2.28. The van der Waals surface area contributed by atoms with Crippen molar-refractivity contribution in [3.8, 4) is 5.75 Å². The largest absolute Gasteiger partial charge is 0.464 e. The van der Waals surface area contributed by atoms with Gasteiger partial charge in [0.1, 0.15) is 11.9 Å². The van der Waals surface area contributed by atoms with Gasteiger partial charge in [-0.3, -0.25) is 0 Å². The van der Waals surface area contributed by atoms with E-state index in [1.54, 1.807) is 0 Å². The first-order valence-corrected chi connectivity index (χ1v) is 5.53. The van der Waals surface area contributed by atoms with Gasteiger partial charge in [-0.2, -0.15) is 8.78 Å². The van der Waals surface area contributed by atoms with Crippen LogP contribution < -0.4 is 4.74 Å². The van der Waals surface area contributed by atoms with Crippen LogP contribution in [0.3, 0.4) is 0 Å². The SMILES string of the molecule is CCOC(=O)C(O)C(O)c1ccccc1OC(F)F. The van der Waals surface area contributed by atoms with E-state index in [-0.39, 0.29) is 17.9 Å². The van der Waals surface area contributed by atoms with E-state index in [0.29, 0.717) is 0 Å². The second-order valence-electron chi connectivity index (χ2n) is 3.56. The number of hydrogen-bond donors (Lipinski definition) is 2. The minimum Gasteiger partial charge on any atom is -0.464 e. The van der Waals surface area contributed by atoms with Crippen LogP contribution in [0.4, 0.5) is 8.78 Å². The molecule has 1 aromatic rings. The number of carbonyl (C=O) groups excluding carboxylic acids is 1. The van der Waals surface area contributed by atoms with Gasteiger partial charge in [-0.05, 0) is 13.0 Å². The number of alkyl halides is 2. The number of para-hydroxylation sites is 1. The Balaban J connectivity index is 2.92. The number of aliphatic hydroxyl groups excluding tert-OH is 2. The molecule has 2 N–H and O–H groups in total. The van der Waals surface area contributed by atoms with Gasteiger partial charge in [0, 0.05) is 5.56 Å². The van der Waals surface area contributed by atoms with Crippen molar-refractivity contribution in [3.05, 3.63) is 29.8 Å². The number of halogens is 2. The van der Waals surface area contributed by atoms with Crippen LogP contribution in [-0.2, 0) is 9.53 Å². The van der Waals surface area contributed by atoms with Crippen molar-refractivity contribution >= 4 is 5.97 Å². The van der Waals surface area contributed by atoms with E-state index in [0.717, 1.165) is 0 Å². The van der Waals surface area contributed by atoms with Crippen LogP contribution in [0.5, 0.6) is 5.75 Å². The molecule has 0 heterocycles. The molecule has 7 heteroatoms. The van der Waals surface area contributed by atoms with Crippen LogP contribution in [-0.4, -0.2) is 35.5 Å². The second kappa shape index (κ2) is 7.01. The van der Waals surface area contributed by atoms with Gasteiger partial charge in [0.15, 0.2) is 6.10 Å². The maximum atomic E-state index is 12.2. The fourth-order valence-electron chi connectivity index (χ4n) is 1.45. The van der Waals surface area contributed by atoms with Crippen LogP contribution in [0, 0.1) is 0 Å². The predicted octanol–water partition coefficient (Wildman–Crippen LogP) is 1.25. The minimum atomic E-state index is -3.08. The zero-order valence-corrected chi connectivity index (χ0v) is 10.1. The molecular weight excluding hydrogens is 262 g/mol. The Bertz CT molecular complexity index is 424. The third kappa shape index (κ3) is 4.15. The van der Waals surface area contributed by atoms with Gasteiger partial charge in [-0.1, -0.05) is 18.2 Å². The summed E-state index contributed by atoms with van der Waals surface area (Å²) in [5.41, 5.74) is -0.122. The summed E-state index contributed by atoms with van der Waals surface area (Å²) in [6.07, 6.45) is -3.59. The lowest BCUT2D eigenvalue weighted by Crippen LogP contribution is -2.30. The molecule has 19 heavy (non-hydrogen) atoms. The first-order chi connectivity index (χ1) is 8.97. The van der Waals surface area contributed by atoms with Crippen LogP contribution in [0.15, 0.2) is 24.3 Å². The molecule has 106 valence electrons. The minimum absolute atomic E-state index is 0.0256. The lowest BCUT2D eigenvalue weighted by molar-refractivity contribution is -0.159. The number of ether oxygens (including phenoxy) is 2. The summed E-state index contributed by atoms with van der Waals surface area (Å²) < 4.78 is 33.1. The van der Waals surface area contributed by atoms with E-state index >= 15 is 0 Å². The molecule has 0 radical (unpaired) electrons. The average Bonchev–Trinajstić information content (AvgIpc) is 2.37. The summed E-state index contributed by atoms with van der Waals surface area (Å²) in [5.74, 6) is -1.35. The van der Waals surface area contributed by atoms with Crippen molar-refractivity contribution in [2.45, 2.75) is 25.7 Å². The Morgan fingerprint density at radius 2 is 1.95 bits per heavy atom. The maximum Gasteiger partial charge on any atom is 0.387 e. The number of carbonyl (C=O) groups is 1. The van der Waals surface area contributed by atoms with E-state index in [1.807, 2.05) is 0 Å². The maximum absolute atomic E-state index is 12.2. The summed E-state index contributed by atoms with van der Waals surface area (Å²) in [5, 5.41) is 19.4. The molecule has 0 spiro atoms. The first kappa shape index (κ1) is 15.3. The Hall–Kier alpha value is -1.73. The number of hydrogen-bond acceptors (Lipinski definition) is 5. The smallest absolute Gasteiger partial charge is 0.387 e. The van der Waals surface area contributed by atoms with E-state index < -0.39 is 24.8 Å². The van der Waals surface area contributed by atoms with Crippen molar-refractivity contribution in [3.63, 3.8) is 0 Å². The van der Waals surface area contributed by atoms with E-state index in [9.17, 15) is 23.8 Å². The number of benzene rings is 1. The van der Waals surface area contributed by atoms with Crippen LogP contribution >= 0.6 is 0 Å². The van der Waals surface area contributed by atoms with E-state index in [2.05, 4.69) is 9.47 Å². The van der Waals surface area contributed by atoms with Gasteiger partial charge >= 0.3 is 12.6 Å². The van der Waals surface area contributed by atoms with Crippen molar-refractivity contribution in [2.24, 2.45) is 0 Å². The quantitative estimate of drug-likeness (QED) is 0.765. The molecule has 5 nitrogen and oxygen atoms in total. The summed E-state index contributed by atoms with van der Waals surface area (Å²) >= 11 is 0. The Labute approximate surface area is 108 Å². The van der Waals surface area contributed by atoms with Crippen molar-refractivity contribution in [1.29, 1.82) is 0 Å². The van der Waals surface area contributed by atoms with Crippen LogP contribution in [0.1, 0.15) is 18.6 Å². The fraction of sp³-hybridized carbons (Fsp3) is 0.417. The molecule has 0 saturated carbocycles. The lowest BCUT2D eigenvalue weighted by atomic mass is 10.0. The highest BCUT2D eigenvalue weighted by Gasteiger charge is 2.29. The van der Waals surface area contributed by atoms with Crippen molar-refractivity contribution in [1.82, 2.24) is 0 Å². The third-order valence-electron chi connectivity index (χ3n) is 2.28. The van der Waals surface area contributed by atoms with E-state index in [4.69, 9.17) is 0 Å². The molecule has 1 aromatic carbocycles. The monoisotopic (exact) mass is 276 g/mol. The van der Waals surface area contributed by atoms with Gasteiger partial charge in [-0.25, -0.2) is 4.79 Å². The van der Waals surface area contributed by atoms with Gasteiger partial charge in [0.05, 0.1) is 6.61 Å². The second-order valence-corrected chi connectivity index (χ2v) is 3.56. The summed E-state index contributed by atoms with van der Waals surface area (Å²) in [4.78, 5) is 11.3. The molecule has 0 aliphatic heterocycles. The number of rotatable bonds is 6. The zero-order valence-electron chi connectivity index (χ0n) is 10.1. The van der Waals surface area contributed by atoms with Gasteiger partial charge in [-0.15, -0.1) is 0 Å². The standard InChI is InChI=1S/C12H14F2O5/c1-2-18-11(17)10(16)9(15)7-5-3-4-6-8(7)19-12(13)14/h3-6,9-10,12,15-16H,2H2,1H3. The normalized spacial score (nSPS) is 14.0. The molecule has 2 atom stereocenters. The van der Waals surface area contributed by atoms with E-state index in [1.165, 1.54) is 31.2 Å². The molecule has 0 fully saturated rings. The molecule has 0 aliphatic rings. The van der Waals surface area contributed by atoms with Gasteiger partial charge < -0.3 is 19.7 Å². The molecule has 0 bridgehead atoms. The van der Waals surface area contributed by atoms with Gasteiger partial charge in [0.25, 0.3) is 0 Å². The topological polar surface area (TPSA) is 76.0 Å². The Kier molecular flexibility index (Phi) is 5.65. The molecule has 1 rings (SSSR count). The molecule has 0 amide bonds. The summed E-state index contributed by atoms with van der Waals surface area (Å²) in [6, 6.07) is 5.34. The number of aliphatic hydroxyl groups is 2. The molecular formula is C12H14F2O5. The highest BCUT2D eigenvalue weighted by Crippen LogP contribution is 2.28. The van der Waals surface area contributed by atoms with Gasteiger partial charge in [0.2, 0.25) is 0 Å². The highest BCUT2D eigenvalue weighted by molar-refractivity contribution is 5.75. The number of esters is 1. The predicted molar refractivity (Wildman–Crippen MR) is 60.7 cm³/mol. The van der Waals surface area contributed by atoms with Crippen molar-refractivity contribution < 1.29 is 33.3 Å². The molecule has 2 unspecified atom stereocenters. The Morgan fingerprint density at radius 3 is 2.53 bits per heavy atom. The molecule has 0 saturated heterocycles. The summed E-state index contributed by atoms with van der Waals surface area (Å²) in [7, 11) is 0. The Morgan fingerprint density at radius 1 is 1.32 bits per heavy atom. The lowest BCUT2D eigenvalue weighted by Gasteiger charge is -2.19. The van der Waals surface area contributed by atoms with Crippen molar-refractivity contribution in [2.75, 3.05) is 6.61 Å². The summed E-state index contributed by atoms with van der Waals surface area (Å²) in [6.45, 7) is -1.52. The molecule has 0 aromatic heterocycles. The zero-order chi connectivity index (χ0) is 14.4. The fourth-order valence-corrected chi connectivity index (χ4v) is 1.45. The molecule has 0 aliphatic carbocycles. The first-order valence-electron chi connectivity index (χ1n) is 5.53. The highest BCUT2D eigenvalue weighted by atomic mass is 19.3. The van der Waals surface area contributed by atoms with Crippen LogP contribution in [0.25, 0.3) is 0 Å². The van der Waals surface area contributed by atoms with Crippen LogP contribution in [0.2, 0.25) is 0 Å². The average molecular weight is 276 g/mol.